The number of benzene rings is 1. The summed E-state index contributed by atoms with van der Waals surface area (Å²) in [6.07, 6.45) is 1.15. The fourth-order valence-corrected chi connectivity index (χ4v) is 3.74. The minimum Gasteiger partial charge on any atom is -0.395 e. The van der Waals surface area contributed by atoms with Crippen molar-refractivity contribution in [3.05, 3.63) is 16.2 Å². The lowest BCUT2D eigenvalue weighted by molar-refractivity contribution is -0.382. The van der Waals surface area contributed by atoms with Gasteiger partial charge in [-0.25, -0.2) is 4.63 Å². The molecule has 1 saturated heterocycles. The first-order valence-corrected chi connectivity index (χ1v) is 8.43. The number of nitro benzene ring substituents is 1. The minimum atomic E-state index is -0.471. The van der Waals surface area contributed by atoms with Crippen molar-refractivity contribution in [2.75, 3.05) is 43.1 Å². The lowest BCUT2D eigenvalue weighted by Gasteiger charge is -2.36. The number of hydrogen-bond acceptors (Lipinski definition) is 8. The third kappa shape index (κ3) is 3.23. The van der Waals surface area contributed by atoms with E-state index in [1.807, 2.05) is 0 Å². The number of aliphatic hydroxyl groups is 1. The van der Waals surface area contributed by atoms with Gasteiger partial charge in [0.15, 0.2) is 5.52 Å². The maximum Gasteiger partial charge on any atom is 0.323 e. The van der Waals surface area contributed by atoms with E-state index in [0.717, 1.165) is 25.2 Å². The van der Waals surface area contributed by atoms with Gasteiger partial charge >= 0.3 is 5.69 Å². The van der Waals surface area contributed by atoms with Crippen LogP contribution in [0, 0.1) is 22.0 Å². The van der Waals surface area contributed by atoms with Crippen LogP contribution in [0.3, 0.4) is 0 Å². The Bertz CT molecular complexity index is 767. The van der Waals surface area contributed by atoms with Crippen LogP contribution in [0.15, 0.2) is 10.7 Å². The van der Waals surface area contributed by atoms with Gasteiger partial charge in [0, 0.05) is 26.7 Å². The van der Waals surface area contributed by atoms with Crippen molar-refractivity contribution < 1.29 is 14.7 Å². The van der Waals surface area contributed by atoms with Gasteiger partial charge < -0.3 is 14.9 Å². The zero-order valence-corrected chi connectivity index (χ0v) is 14.7. The van der Waals surface area contributed by atoms with E-state index < -0.39 is 4.92 Å². The smallest absolute Gasteiger partial charge is 0.323 e. The summed E-state index contributed by atoms with van der Waals surface area (Å²) in [7, 11) is 1.71. The summed E-state index contributed by atoms with van der Waals surface area (Å²) in [6, 6.07) is 1.77. The zero-order valence-electron chi connectivity index (χ0n) is 14.7. The summed E-state index contributed by atoms with van der Waals surface area (Å²) in [5.41, 5.74) is 1.61. The fourth-order valence-electron chi connectivity index (χ4n) is 3.74. The second-order valence-corrected chi connectivity index (χ2v) is 6.98. The summed E-state index contributed by atoms with van der Waals surface area (Å²) in [4.78, 5) is 15.0. The predicted molar refractivity (Wildman–Crippen MR) is 94.0 cm³/mol. The Labute approximate surface area is 145 Å². The molecule has 0 amide bonds. The van der Waals surface area contributed by atoms with Gasteiger partial charge in [-0.15, -0.1) is 0 Å². The molecule has 9 nitrogen and oxygen atoms in total. The molecule has 2 atom stereocenters. The highest BCUT2D eigenvalue weighted by Gasteiger charge is 2.31. The van der Waals surface area contributed by atoms with Gasteiger partial charge in [-0.1, -0.05) is 13.8 Å². The van der Waals surface area contributed by atoms with Crippen LogP contribution in [0.25, 0.3) is 11.0 Å². The molecular formula is C16H23N5O4. The molecule has 1 aliphatic rings. The molecule has 0 bridgehead atoms. The molecule has 0 aliphatic carbocycles. The van der Waals surface area contributed by atoms with Crippen LogP contribution in [0.1, 0.15) is 20.3 Å². The van der Waals surface area contributed by atoms with Crippen molar-refractivity contribution in [1.82, 2.24) is 10.3 Å². The monoisotopic (exact) mass is 349 g/mol. The molecule has 1 aliphatic heterocycles. The SMILES string of the molecule is C[C@@H]1C[C@H](C)CN(c2cc(N(C)CCO)c([N+](=O)[O-])c3nonc23)C1. The Morgan fingerprint density at radius 3 is 2.60 bits per heavy atom. The molecule has 1 fully saturated rings. The molecule has 2 aromatic rings. The molecule has 1 N–H and O–H groups in total. The van der Waals surface area contributed by atoms with Crippen LogP contribution < -0.4 is 9.80 Å². The molecule has 1 aromatic carbocycles. The maximum atomic E-state index is 11.6. The average Bonchev–Trinajstić information content (AvgIpc) is 3.01. The van der Waals surface area contributed by atoms with E-state index in [0.29, 0.717) is 23.0 Å². The van der Waals surface area contributed by atoms with Crippen LogP contribution in [0.4, 0.5) is 17.1 Å². The Morgan fingerprint density at radius 1 is 1.36 bits per heavy atom. The molecule has 0 saturated carbocycles. The fraction of sp³-hybridized carbons (Fsp3) is 0.625. The van der Waals surface area contributed by atoms with Gasteiger partial charge in [0.1, 0.15) is 5.69 Å². The summed E-state index contributed by atoms with van der Waals surface area (Å²) >= 11 is 0. The lowest BCUT2D eigenvalue weighted by Crippen LogP contribution is -2.39. The summed E-state index contributed by atoms with van der Waals surface area (Å²) in [5, 5.41) is 28.6. The second-order valence-electron chi connectivity index (χ2n) is 6.98. The van der Waals surface area contributed by atoms with Crippen LogP contribution in [0.5, 0.6) is 0 Å². The van der Waals surface area contributed by atoms with Gasteiger partial charge in [-0.05, 0) is 34.6 Å². The van der Waals surface area contributed by atoms with Crippen molar-refractivity contribution in [3.63, 3.8) is 0 Å². The largest absolute Gasteiger partial charge is 0.395 e. The molecule has 0 unspecified atom stereocenters. The number of nitrogens with zero attached hydrogens (tertiary/aromatic N) is 5. The molecule has 0 spiro atoms. The molecular weight excluding hydrogens is 326 g/mol. The van der Waals surface area contributed by atoms with Crippen LogP contribution in [0.2, 0.25) is 0 Å². The van der Waals surface area contributed by atoms with Gasteiger partial charge in [0.2, 0.25) is 5.52 Å². The first-order valence-electron chi connectivity index (χ1n) is 8.43. The normalized spacial score (nSPS) is 20.9. The van der Waals surface area contributed by atoms with E-state index in [9.17, 15) is 15.2 Å². The predicted octanol–water partition coefficient (Wildman–Crippen LogP) is 2.04. The minimum absolute atomic E-state index is 0.101. The van der Waals surface area contributed by atoms with Gasteiger partial charge in [-0.3, -0.25) is 10.1 Å². The third-order valence-electron chi connectivity index (χ3n) is 4.71. The van der Waals surface area contributed by atoms with E-state index in [2.05, 4.69) is 29.1 Å². The molecule has 25 heavy (non-hydrogen) atoms. The van der Waals surface area contributed by atoms with Gasteiger partial charge in [0.25, 0.3) is 0 Å². The summed E-state index contributed by atoms with van der Waals surface area (Å²) in [5.74, 6) is 1.04. The number of nitro groups is 1. The molecule has 1 aromatic heterocycles. The highest BCUT2D eigenvalue weighted by atomic mass is 16.6. The van der Waals surface area contributed by atoms with Crippen molar-refractivity contribution in [3.8, 4) is 0 Å². The number of aromatic nitrogens is 2. The first-order chi connectivity index (χ1) is 11.9. The topological polar surface area (TPSA) is 109 Å². The molecule has 136 valence electrons. The Balaban J connectivity index is 2.17. The number of aliphatic hydroxyl groups excluding tert-OH is 1. The Morgan fingerprint density at radius 2 is 2.00 bits per heavy atom. The third-order valence-corrected chi connectivity index (χ3v) is 4.71. The van der Waals surface area contributed by atoms with E-state index in [4.69, 9.17) is 4.63 Å². The molecule has 3 rings (SSSR count). The molecule has 2 heterocycles. The van der Waals surface area contributed by atoms with E-state index in [1.54, 1.807) is 18.0 Å². The summed E-state index contributed by atoms with van der Waals surface area (Å²) < 4.78 is 4.84. The number of fused-ring (bicyclic) bond motifs is 1. The highest BCUT2D eigenvalue weighted by molar-refractivity contribution is 6.00. The molecule has 0 radical (unpaired) electrons. The Kier molecular flexibility index (Phi) is 4.76. The maximum absolute atomic E-state index is 11.6. The number of rotatable bonds is 5. The highest BCUT2D eigenvalue weighted by Crippen LogP contribution is 2.41. The van der Waals surface area contributed by atoms with Crippen LogP contribution in [-0.4, -0.2) is 53.6 Å². The van der Waals surface area contributed by atoms with Crippen molar-refractivity contribution in [2.24, 2.45) is 11.8 Å². The van der Waals surface area contributed by atoms with E-state index in [-0.39, 0.29) is 24.4 Å². The second kappa shape index (κ2) is 6.83. The lowest BCUT2D eigenvalue weighted by atomic mass is 9.91. The van der Waals surface area contributed by atoms with Crippen molar-refractivity contribution >= 4 is 28.1 Å². The molecule has 9 heteroatoms. The number of anilines is 2. The van der Waals surface area contributed by atoms with Crippen molar-refractivity contribution in [1.29, 1.82) is 0 Å². The zero-order chi connectivity index (χ0) is 18.1. The summed E-state index contributed by atoms with van der Waals surface area (Å²) in [6.45, 7) is 6.29. The van der Waals surface area contributed by atoms with Crippen molar-refractivity contribution in [2.45, 2.75) is 20.3 Å². The van der Waals surface area contributed by atoms with Gasteiger partial charge in [-0.2, -0.15) is 0 Å². The van der Waals surface area contributed by atoms with E-state index in [1.165, 1.54) is 0 Å². The first kappa shape index (κ1) is 17.4. The van der Waals surface area contributed by atoms with Crippen LogP contribution >= 0.6 is 0 Å². The number of piperidine rings is 1. The van der Waals surface area contributed by atoms with Gasteiger partial charge in [0.05, 0.1) is 17.2 Å². The average molecular weight is 349 g/mol. The number of hydrogen-bond donors (Lipinski definition) is 1. The quantitative estimate of drug-likeness (QED) is 0.645. The Hall–Kier alpha value is -2.42. The van der Waals surface area contributed by atoms with E-state index >= 15 is 0 Å². The van der Waals surface area contributed by atoms with Crippen LogP contribution in [-0.2, 0) is 0 Å². The number of likely N-dealkylation sites (N-methyl/N-ethyl adjacent to an activating group) is 1. The standard InChI is InChI=1S/C16H23N5O4/c1-10-6-11(2)9-20(8-10)12-7-13(19(3)4-5-22)16(21(23)24)15-14(12)17-25-18-15/h7,10-11,22H,4-6,8-9H2,1-3H3/t10-,11+.